The minimum absolute atomic E-state index is 0.199. The first-order valence-electron chi connectivity index (χ1n) is 5.66. The summed E-state index contributed by atoms with van der Waals surface area (Å²) in [4.78, 5) is 11.9. The molecule has 17 heavy (non-hydrogen) atoms. The highest BCUT2D eigenvalue weighted by molar-refractivity contribution is 6.32. The molecule has 0 radical (unpaired) electrons. The summed E-state index contributed by atoms with van der Waals surface area (Å²) in [5, 5.41) is 7.34. The van der Waals surface area contributed by atoms with Crippen molar-refractivity contribution in [1.82, 2.24) is 9.78 Å². The lowest BCUT2D eigenvalue weighted by Crippen LogP contribution is -2.26. The second-order valence-electron chi connectivity index (χ2n) is 4.26. The zero-order valence-corrected chi connectivity index (χ0v) is 11.0. The van der Waals surface area contributed by atoms with E-state index in [1.807, 2.05) is 13.8 Å². The van der Waals surface area contributed by atoms with E-state index in [4.69, 9.17) is 11.6 Å². The van der Waals surface area contributed by atoms with Crippen LogP contribution < -0.4 is 10.9 Å². The van der Waals surface area contributed by atoms with E-state index in [0.29, 0.717) is 24.7 Å². The van der Waals surface area contributed by atoms with Crippen LogP contribution in [0.2, 0.25) is 5.02 Å². The number of anilines is 1. The first kappa shape index (κ1) is 13.8. The van der Waals surface area contributed by atoms with Crippen molar-refractivity contribution in [2.45, 2.75) is 26.8 Å². The van der Waals surface area contributed by atoms with Gasteiger partial charge in [0.25, 0.3) is 5.56 Å². The lowest BCUT2D eigenvalue weighted by molar-refractivity contribution is 0.464. The first-order chi connectivity index (χ1) is 8.06. The van der Waals surface area contributed by atoms with Crippen LogP contribution in [-0.4, -0.2) is 16.3 Å². The number of hydrogen-bond acceptors (Lipinski definition) is 3. The molecule has 0 aliphatic carbocycles. The SMILES string of the molecule is C=CCCNc1cnn(CC(C)C)c(=O)c1Cl. The fraction of sp³-hybridized carbons (Fsp3) is 0.500. The minimum Gasteiger partial charge on any atom is -0.382 e. The summed E-state index contributed by atoms with van der Waals surface area (Å²) < 4.78 is 1.39. The molecule has 0 saturated carbocycles. The number of nitrogens with one attached hydrogen (secondary N) is 1. The van der Waals surface area contributed by atoms with Gasteiger partial charge in [0.2, 0.25) is 0 Å². The zero-order chi connectivity index (χ0) is 12.8. The van der Waals surface area contributed by atoms with Gasteiger partial charge in [-0.15, -0.1) is 6.58 Å². The van der Waals surface area contributed by atoms with Crippen molar-refractivity contribution in [3.8, 4) is 0 Å². The molecule has 0 amide bonds. The van der Waals surface area contributed by atoms with Gasteiger partial charge in [-0.25, -0.2) is 4.68 Å². The van der Waals surface area contributed by atoms with E-state index in [9.17, 15) is 4.79 Å². The summed E-state index contributed by atoms with van der Waals surface area (Å²) in [6.45, 7) is 8.94. The van der Waals surface area contributed by atoms with Crippen molar-refractivity contribution in [3.63, 3.8) is 0 Å². The summed E-state index contributed by atoms with van der Waals surface area (Å²) in [5.74, 6) is 0.357. The summed E-state index contributed by atoms with van der Waals surface area (Å²) in [6, 6.07) is 0. The van der Waals surface area contributed by atoms with Crippen LogP contribution in [0.5, 0.6) is 0 Å². The molecule has 1 N–H and O–H groups in total. The Balaban J connectivity index is 2.86. The van der Waals surface area contributed by atoms with Gasteiger partial charge < -0.3 is 5.32 Å². The van der Waals surface area contributed by atoms with Crippen molar-refractivity contribution < 1.29 is 0 Å². The first-order valence-corrected chi connectivity index (χ1v) is 6.04. The summed E-state index contributed by atoms with van der Waals surface area (Å²) >= 11 is 6.00. The van der Waals surface area contributed by atoms with Crippen LogP contribution in [-0.2, 0) is 6.54 Å². The Bertz CT molecular complexity index is 440. The van der Waals surface area contributed by atoms with Gasteiger partial charge in [0, 0.05) is 13.1 Å². The molecule has 0 aliphatic rings. The van der Waals surface area contributed by atoms with E-state index in [0.717, 1.165) is 6.42 Å². The van der Waals surface area contributed by atoms with Gasteiger partial charge in [0.15, 0.2) is 0 Å². The Morgan fingerprint density at radius 1 is 1.65 bits per heavy atom. The van der Waals surface area contributed by atoms with Crippen LogP contribution in [0.3, 0.4) is 0 Å². The van der Waals surface area contributed by atoms with Crippen LogP contribution >= 0.6 is 11.6 Å². The molecule has 1 aromatic heterocycles. The maximum Gasteiger partial charge on any atom is 0.287 e. The summed E-state index contributed by atoms with van der Waals surface area (Å²) in [6.07, 6.45) is 4.20. The van der Waals surface area contributed by atoms with Crippen LogP contribution in [0.25, 0.3) is 0 Å². The number of halogens is 1. The summed E-state index contributed by atoms with van der Waals surface area (Å²) in [7, 11) is 0. The highest BCUT2D eigenvalue weighted by Gasteiger charge is 2.09. The van der Waals surface area contributed by atoms with Gasteiger partial charge in [-0.3, -0.25) is 4.79 Å². The van der Waals surface area contributed by atoms with Crippen molar-refractivity contribution in [1.29, 1.82) is 0 Å². The molecule has 4 nitrogen and oxygen atoms in total. The quantitative estimate of drug-likeness (QED) is 0.628. The number of rotatable bonds is 6. The highest BCUT2D eigenvalue weighted by Crippen LogP contribution is 2.15. The number of hydrogen-bond donors (Lipinski definition) is 1. The molecule has 94 valence electrons. The second-order valence-corrected chi connectivity index (χ2v) is 4.64. The van der Waals surface area contributed by atoms with Gasteiger partial charge in [0.1, 0.15) is 5.02 Å². The molecule has 0 saturated heterocycles. The van der Waals surface area contributed by atoms with E-state index in [1.165, 1.54) is 4.68 Å². The molecule has 0 fully saturated rings. The van der Waals surface area contributed by atoms with Crippen molar-refractivity contribution in [2.24, 2.45) is 5.92 Å². The lowest BCUT2D eigenvalue weighted by atomic mass is 10.2. The smallest absolute Gasteiger partial charge is 0.287 e. The molecule has 0 unspecified atom stereocenters. The molecular weight excluding hydrogens is 238 g/mol. The zero-order valence-electron chi connectivity index (χ0n) is 10.2. The van der Waals surface area contributed by atoms with E-state index in [2.05, 4.69) is 17.0 Å². The molecule has 0 atom stereocenters. The average molecular weight is 256 g/mol. The predicted octanol–water partition coefficient (Wildman–Crippen LogP) is 2.54. The molecule has 1 heterocycles. The Labute approximate surface area is 106 Å². The van der Waals surface area contributed by atoms with Crippen LogP contribution in [0.4, 0.5) is 5.69 Å². The lowest BCUT2D eigenvalue weighted by Gasteiger charge is -2.10. The molecule has 0 bridgehead atoms. The minimum atomic E-state index is -0.246. The van der Waals surface area contributed by atoms with Crippen molar-refractivity contribution in [2.75, 3.05) is 11.9 Å². The van der Waals surface area contributed by atoms with E-state index < -0.39 is 0 Å². The maximum atomic E-state index is 11.9. The van der Waals surface area contributed by atoms with E-state index in [1.54, 1.807) is 12.3 Å². The van der Waals surface area contributed by atoms with Gasteiger partial charge in [0.05, 0.1) is 11.9 Å². The van der Waals surface area contributed by atoms with Crippen LogP contribution in [0, 0.1) is 5.92 Å². The van der Waals surface area contributed by atoms with Gasteiger partial charge in [-0.1, -0.05) is 31.5 Å². The average Bonchev–Trinajstić information content (AvgIpc) is 2.28. The maximum absolute atomic E-state index is 11.9. The molecule has 0 aromatic carbocycles. The molecule has 0 spiro atoms. The Morgan fingerprint density at radius 2 is 2.35 bits per heavy atom. The van der Waals surface area contributed by atoms with E-state index in [-0.39, 0.29) is 10.6 Å². The van der Waals surface area contributed by atoms with E-state index >= 15 is 0 Å². The van der Waals surface area contributed by atoms with Gasteiger partial charge in [-0.2, -0.15) is 5.10 Å². The molecular formula is C12H18ClN3O. The topological polar surface area (TPSA) is 46.9 Å². The normalized spacial score (nSPS) is 10.6. The van der Waals surface area contributed by atoms with Crippen molar-refractivity contribution >= 4 is 17.3 Å². The van der Waals surface area contributed by atoms with Gasteiger partial charge >= 0.3 is 0 Å². The van der Waals surface area contributed by atoms with Gasteiger partial charge in [-0.05, 0) is 12.3 Å². The highest BCUT2D eigenvalue weighted by atomic mass is 35.5. The number of nitrogens with zero attached hydrogens (tertiary/aromatic N) is 2. The monoisotopic (exact) mass is 255 g/mol. The Morgan fingerprint density at radius 3 is 2.94 bits per heavy atom. The van der Waals surface area contributed by atoms with Crippen molar-refractivity contribution in [3.05, 3.63) is 34.2 Å². The molecule has 0 aliphatic heterocycles. The molecule has 5 heteroatoms. The standard InChI is InChI=1S/C12H18ClN3O/c1-4-5-6-14-10-7-15-16(8-9(2)3)12(17)11(10)13/h4,7,9,14H,1,5-6,8H2,2-3H3. The Kier molecular flexibility index (Phi) is 5.22. The predicted molar refractivity (Wildman–Crippen MR) is 71.6 cm³/mol. The third kappa shape index (κ3) is 3.89. The second kappa shape index (κ2) is 6.45. The number of aromatic nitrogens is 2. The van der Waals surface area contributed by atoms with Crippen LogP contribution in [0.1, 0.15) is 20.3 Å². The Hall–Kier alpha value is -1.29. The van der Waals surface area contributed by atoms with Crippen LogP contribution in [0.15, 0.2) is 23.6 Å². The molecule has 1 rings (SSSR count). The third-order valence-electron chi connectivity index (χ3n) is 2.19. The fourth-order valence-corrected chi connectivity index (χ4v) is 1.59. The summed E-state index contributed by atoms with van der Waals surface area (Å²) in [5.41, 5.74) is 0.336. The largest absolute Gasteiger partial charge is 0.382 e. The third-order valence-corrected chi connectivity index (χ3v) is 2.55. The fourth-order valence-electron chi connectivity index (χ4n) is 1.37. The molecule has 1 aromatic rings.